The van der Waals surface area contributed by atoms with E-state index in [4.69, 9.17) is 4.74 Å². The van der Waals surface area contributed by atoms with Gasteiger partial charge >= 0.3 is 5.97 Å². The van der Waals surface area contributed by atoms with E-state index in [0.717, 1.165) is 25.1 Å². The van der Waals surface area contributed by atoms with Gasteiger partial charge in [0.05, 0.1) is 6.04 Å². The van der Waals surface area contributed by atoms with Crippen molar-refractivity contribution in [3.8, 4) is 0 Å². The largest absolute Gasteiger partial charge is 0.479 e. The van der Waals surface area contributed by atoms with Crippen LogP contribution in [0, 0.1) is 5.92 Å². The normalized spacial score (nSPS) is 16.5. The van der Waals surface area contributed by atoms with Gasteiger partial charge < -0.3 is 20.1 Å². The smallest absolute Gasteiger partial charge is 0.344 e. The minimum atomic E-state index is -1.01. The Morgan fingerprint density at radius 2 is 1.86 bits per heavy atom. The van der Waals surface area contributed by atoms with Gasteiger partial charge in [-0.3, -0.25) is 4.79 Å². The fraction of sp³-hybridized carbons (Fsp3) is 0.517. The second kappa shape index (κ2) is 14.4. The fourth-order valence-electron chi connectivity index (χ4n) is 4.35. The lowest BCUT2D eigenvalue weighted by atomic mass is 9.94. The number of allylic oxidation sites excluding steroid dienone is 3. The van der Waals surface area contributed by atoms with E-state index >= 15 is 0 Å². The highest BCUT2D eigenvalue weighted by Gasteiger charge is 2.22. The van der Waals surface area contributed by atoms with Crippen LogP contribution in [0.25, 0.3) is 0 Å². The molecule has 0 saturated carbocycles. The first-order valence-corrected chi connectivity index (χ1v) is 12.8. The molecule has 0 bridgehead atoms. The third-order valence-electron chi connectivity index (χ3n) is 6.15. The number of carbonyl (C=O) groups is 2. The number of carboxylic acids is 1. The van der Waals surface area contributed by atoms with Crippen LogP contribution in [0.3, 0.4) is 0 Å². The highest BCUT2D eigenvalue weighted by atomic mass is 16.5. The van der Waals surface area contributed by atoms with Crippen molar-refractivity contribution in [3.05, 3.63) is 66.0 Å². The van der Waals surface area contributed by atoms with Gasteiger partial charge in [0.2, 0.25) is 5.91 Å². The maximum absolute atomic E-state index is 13.0. The van der Waals surface area contributed by atoms with Crippen LogP contribution in [0.5, 0.6) is 0 Å². The lowest BCUT2D eigenvalue weighted by Crippen LogP contribution is -2.34. The molecule has 2 rings (SSSR count). The van der Waals surface area contributed by atoms with Gasteiger partial charge in [0.25, 0.3) is 0 Å². The highest BCUT2D eigenvalue weighted by Crippen LogP contribution is 2.32. The molecule has 192 valence electrons. The average molecular weight is 483 g/mol. The molecule has 6 nitrogen and oxygen atoms in total. The zero-order valence-electron chi connectivity index (χ0n) is 21.8. The van der Waals surface area contributed by atoms with Crippen molar-refractivity contribution in [2.45, 2.75) is 78.4 Å². The maximum atomic E-state index is 13.0. The summed E-state index contributed by atoms with van der Waals surface area (Å²) in [7, 11) is 0. The van der Waals surface area contributed by atoms with Gasteiger partial charge in [-0.05, 0) is 68.7 Å². The Kier molecular flexibility index (Phi) is 11.6. The van der Waals surface area contributed by atoms with Crippen LogP contribution in [0.1, 0.15) is 77.8 Å². The number of rotatable bonds is 13. The number of amides is 1. The Morgan fingerprint density at radius 1 is 1.17 bits per heavy atom. The van der Waals surface area contributed by atoms with Crippen LogP contribution in [0.2, 0.25) is 0 Å². The van der Waals surface area contributed by atoms with Crippen LogP contribution in [0.4, 0.5) is 5.69 Å². The summed E-state index contributed by atoms with van der Waals surface area (Å²) >= 11 is 0. The SMILES string of the molecule is C=C/C(=C\C=C(/C)CC(=O)NC(CC(C)C)c1ccccc1N1CCCCC1)OC(CC)C(=O)O. The zero-order chi connectivity index (χ0) is 25.8. The van der Waals surface area contributed by atoms with E-state index in [2.05, 4.69) is 54.9 Å². The monoisotopic (exact) mass is 482 g/mol. The highest BCUT2D eigenvalue weighted by molar-refractivity contribution is 5.79. The van der Waals surface area contributed by atoms with E-state index in [0.29, 0.717) is 18.1 Å². The number of carbonyl (C=O) groups excluding carboxylic acids is 1. The number of anilines is 1. The molecule has 1 aromatic carbocycles. The summed E-state index contributed by atoms with van der Waals surface area (Å²) in [5.74, 6) is -0.250. The molecule has 2 atom stereocenters. The summed E-state index contributed by atoms with van der Waals surface area (Å²) in [6.07, 6.45) is 9.14. The van der Waals surface area contributed by atoms with Gasteiger partial charge in [-0.1, -0.05) is 57.2 Å². The first-order chi connectivity index (χ1) is 16.7. The van der Waals surface area contributed by atoms with Gasteiger partial charge in [-0.2, -0.15) is 0 Å². The van der Waals surface area contributed by atoms with Crippen molar-refractivity contribution in [2.24, 2.45) is 5.92 Å². The van der Waals surface area contributed by atoms with Crippen molar-refractivity contribution in [2.75, 3.05) is 18.0 Å². The predicted octanol–water partition coefficient (Wildman–Crippen LogP) is 6.17. The number of benzene rings is 1. The first-order valence-electron chi connectivity index (χ1n) is 12.8. The summed E-state index contributed by atoms with van der Waals surface area (Å²) in [4.78, 5) is 26.7. The summed E-state index contributed by atoms with van der Waals surface area (Å²) in [5, 5.41) is 12.5. The third-order valence-corrected chi connectivity index (χ3v) is 6.15. The zero-order valence-corrected chi connectivity index (χ0v) is 21.8. The van der Waals surface area contributed by atoms with Crippen molar-refractivity contribution in [1.29, 1.82) is 0 Å². The number of carboxylic acid groups (broad SMARTS) is 1. The molecule has 0 aromatic heterocycles. The molecule has 1 heterocycles. The molecule has 0 radical (unpaired) electrons. The number of hydrogen-bond donors (Lipinski definition) is 2. The summed E-state index contributed by atoms with van der Waals surface area (Å²) in [5.41, 5.74) is 3.26. The molecular formula is C29H42N2O4. The Balaban J connectivity index is 2.13. The third kappa shape index (κ3) is 9.27. The number of piperidine rings is 1. The van der Waals surface area contributed by atoms with Crippen molar-refractivity contribution in [1.82, 2.24) is 5.32 Å². The number of para-hydroxylation sites is 1. The molecule has 6 heteroatoms. The number of nitrogens with zero attached hydrogens (tertiary/aromatic N) is 1. The summed E-state index contributed by atoms with van der Waals surface area (Å²) < 4.78 is 5.50. The average Bonchev–Trinajstić information content (AvgIpc) is 2.83. The second-order valence-corrected chi connectivity index (χ2v) is 9.67. The molecule has 1 aromatic rings. The molecule has 2 unspecified atom stereocenters. The van der Waals surface area contributed by atoms with Crippen LogP contribution < -0.4 is 10.2 Å². The minimum Gasteiger partial charge on any atom is -0.479 e. The van der Waals surface area contributed by atoms with Gasteiger partial charge in [-0.25, -0.2) is 4.79 Å². The molecule has 1 saturated heterocycles. The Hall–Kier alpha value is -3.02. The number of hydrogen-bond acceptors (Lipinski definition) is 4. The van der Waals surface area contributed by atoms with E-state index in [1.54, 1.807) is 19.1 Å². The van der Waals surface area contributed by atoms with Crippen LogP contribution in [-0.2, 0) is 14.3 Å². The van der Waals surface area contributed by atoms with E-state index in [1.165, 1.54) is 36.6 Å². The molecule has 1 amide bonds. The molecule has 0 aliphatic carbocycles. The van der Waals surface area contributed by atoms with Crippen molar-refractivity contribution < 1.29 is 19.4 Å². The van der Waals surface area contributed by atoms with E-state index in [-0.39, 0.29) is 18.4 Å². The molecule has 2 N–H and O–H groups in total. The molecule has 1 aliphatic heterocycles. The lowest BCUT2D eigenvalue weighted by molar-refractivity contribution is -0.147. The Bertz CT molecular complexity index is 913. The summed E-state index contributed by atoms with van der Waals surface area (Å²) in [6.45, 7) is 13.8. The van der Waals surface area contributed by atoms with Crippen LogP contribution in [-0.4, -0.2) is 36.2 Å². The number of aliphatic carboxylic acids is 1. The van der Waals surface area contributed by atoms with E-state index in [1.807, 2.05) is 6.92 Å². The topological polar surface area (TPSA) is 78.9 Å². The molecular weight excluding hydrogens is 440 g/mol. The molecule has 1 fully saturated rings. The van der Waals surface area contributed by atoms with Gasteiger partial charge in [0, 0.05) is 25.2 Å². The molecule has 1 aliphatic rings. The maximum Gasteiger partial charge on any atom is 0.344 e. The second-order valence-electron chi connectivity index (χ2n) is 9.67. The van der Waals surface area contributed by atoms with E-state index < -0.39 is 12.1 Å². The Labute approximate surface area is 210 Å². The molecule has 35 heavy (non-hydrogen) atoms. The van der Waals surface area contributed by atoms with Crippen molar-refractivity contribution in [3.63, 3.8) is 0 Å². The van der Waals surface area contributed by atoms with Gasteiger partial charge in [-0.15, -0.1) is 0 Å². The predicted molar refractivity (Wildman–Crippen MR) is 142 cm³/mol. The standard InChI is InChI=1S/C29H42N2O4/c1-6-23(35-27(7-2)29(33)34)16-15-22(5)20-28(32)30-25(19-21(3)4)24-13-9-10-14-26(24)31-17-11-8-12-18-31/h6,9-10,13-16,21,25,27H,1,7-8,11-12,17-20H2,2-5H3,(H,30,32)(H,33,34)/b22-15+,23-16+. The minimum absolute atomic E-state index is 0.0377. The molecule has 0 spiro atoms. The first kappa shape index (κ1) is 28.2. The summed E-state index contributed by atoms with van der Waals surface area (Å²) in [6, 6.07) is 8.39. The van der Waals surface area contributed by atoms with Gasteiger partial charge in [0.15, 0.2) is 6.10 Å². The Morgan fingerprint density at radius 3 is 2.46 bits per heavy atom. The lowest BCUT2D eigenvalue weighted by Gasteiger charge is -2.33. The van der Waals surface area contributed by atoms with Gasteiger partial charge in [0.1, 0.15) is 5.76 Å². The van der Waals surface area contributed by atoms with Crippen LogP contribution in [0.15, 0.2) is 60.4 Å². The van der Waals surface area contributed by atoms with Crippen molar-refractivity contribution >= 4 is 17.6 Å². The number of nitrogens with one attached hydrogen (secondary N) is 1. The fourth-order valence-corrected chi connectivity index (χ4v) is 4.35. The van der Waals surface area contributed by atoms with E-state index in [9.17, 15) is 14.7 Å². The quantitative estimate of drug-likeness (QED) is 0.260. The number of ether oxygens (including phenoxy) is 1. The van der Waals surface area contributed by atoms with Crippen LogP contribution >= 0.6 is 0 Å².